The summed E-state index contributed by atoms with van der Waals surface area (Å²) >= 11 is 0. The number of benzene rings is 1. The van der Waals surface area contributed by atoms with Gasteiger partial charge in [-0.2, -0.15) is 5.10 Å². The number of carbonyl (C=O) groups is 1. The van der Waals surface area contributed by atoms with E-state index < -0.39 is 6.04 Å². The monoisotopic (exact) mass is 366 g/mol. The molecule has 3 aromatic rings. The zero-order valence-electron chi connectivity index (χ0n) is 15.9. The van der Waals surface area contributed by atoms with E-state index in [1.165, 1.54) is 23.9 Å². The number of rotatable bonds is 4. The fourth-order valence-corrected chi connectivity index (χ4v) is 4.34. The summed E-state index contributed by atoms with van der Waals surface area (Å²) < 4.78 is 3.26. The number of nitrogens with zero attached hydrogens (tertiary/aromatic N) is 3. The predicted octanol–water partition coefficient (Wildman–Crippen LogP) is 3.29. The van der Waals surface area contributed by atoms with Gasteiger partial charge in [-0.3, -0.25) is 9.59 Å². The molecule has 1 saturated carbocycles. The van der Waals surface area contributed by atoms with Crippen LogP contribution in [0, 0.1) is 0 Å². The Bertz CT molecular complexity index is 1040. The highest BCUT2D eigenvalue weighted by molar-refractivity contribution is 6.08. The number of hydrogen-bond donors (Lipinski definition) is 1. The second kappa shape index (κ2) is 7.18. The van der Waals surface area contributed by atoms with Crippen molar-refractivity contribution in [3.05, 3.63) is 40.8 Å². The number of aromatic nitrogens is 3. The van der Waals surface area contributed by atoms with Gasteiger partial charge in [0.1, 0.15) is 11.6 Å². The lowest BCUT2D eigenvalue weighted by molar-refractivity contribution is -0.125. The molecule has 0 spiro atoms. The zero-order valence-corrected chi connectivity index (χ0v) is 15.9. The molecular weight excluding hydrogens is 340 g/mol. The van der Waals surface area contributed by atoms with Crippen molar-refractivity contribution < 1.29 is 4.79 Å². The van der Waals surface area contributed by atoms with Crippen molar-refractivity contribution in [1.29, 1.82) is 0 Å². The Labute approximate surface area is 158 Å². The number of amides is 1. The third-order valence-electron chi connectivity index (χ3n) is 5.76. The highest BCUT2D eigenvalue weighted by Gasteiger charge is 2.27. The lowest BCUT2D eigenvalue weighted by Gasteiger charge is -2.26. The van der Waals surface area contributed by atoms with Gasteiger partial charge in [-0.25, -0.2) is 4.68 Å². The molecule has 6 nitrogen and oxygen atoms in total. The van der Waals surface area contributed by atoms with E-state index in [0.717, 1.165) is 29.1 Å². The van der Waals surface area contributed by atoms with E-state index in [9.17, 15) is 9.59 Å². The fourth-order valence-electron chi connectivity index (χ4n) is 4.34. The molecule has 1 amide bonds. The predicted molar refractivity (Wildman–Crippen MR) is 107 cm³/mol. The van der Waals surface area contributed by atoms with Crippen LogP contribution in [0.5, 0.6) is 0 Å². The van der Waals surface area contributed by atoms with E-state index in [4.69, 9.17) is 0 Å². The minimum absolute atomic E-state index is 0.00548. The van der Waals surface area contributed by atoms with Gasteiger partial charge in [0.05, 0.1) is 11.7 Å². The summed E-state index contributed by atoms with van der Waals surface area (Å²) in [6.07, 6.45) is 8.02. The molecule has 1 atom stereocenters. The first-order valence-electron chi connectivity index (χ1n) is 9.87. The van der Waals surface area contributed by atoms with Crippen LogP contribution in [-0.2, 0) is 11.8 Å². The fraction of sp³-hybridized carbons (Fsp3) is 0.476. The summed E-state index contributed by atoms with van der Waals surface area (Å²) in [6, 6.07) is 7.70. The molecule has 2 aromatic heterocycles. The molecule has 0 bridgehead atoms. The number of para-hydroxylation sites is 1. The van der Waals surface area contributed by atoms with Crippen LogP contribution in [0.25, 0.3) is 21.8 Å². The molecule has 27 heavy (non-hydrogen) atoms. The Balaban J connectivity index is 1.85. The van der Waals surface area contributed by atoms with E-state index in [1.807, 2.05) is 35.8 Å². The Morgan fingerprint density at radius 3 is 2.70 bits per heavy atom. The maximum absolute atomic E-state index is 13.2. The van der Waals surface area contributed by atoms with E-state index in [-0.39, 0.29) is 17.5 Å². The topological polar surface area (TPSA) is 68.9 Å². The standard InChI is InChI=1S/C21H26N4O2/c1-3-17(20(26)23-14-9-5-4-6-10-14)25-18-12-8-7-11-15(18)16-13-22-24(2)21(27)19(16)25/h7-8,11-14,17H,3-6,9-10H2,1-2H3,(H,23,26)/t17-/m1/s1. The summed E-state index contributed by atoms with van der Waals surface area (Å²) in [6.45, 7) is 2.00. The quantitative estimate of drug-likeness (QED) is 0.770. The van der Waals surface area contributed by atoms with Crippen molar-refractivity contribution in [3.8, 4) is 0 Å². The van der Waals surface area contributed by atoms with Crippen LogP contribution in [0.2, 0.25) is 0 Å². The highest BCUT2D eigenvalue weighted by atomic mass is 16.2. The van der Waals surface area contributed by atoms with E-state index >= 15 is 0 Å². The maximum Gasteiger partial charge on any atom is 0.291 e. The molecule has 142 valence electrons. The molecule has 1 fully saturated rings. The van der Waals surface area contributed by atoms with Gasteiger partial charge in [0.15, 0.2) is 0 Å². The van der Waals surface area contributed by atoms with Crippen molar-refractivity contribution in [2.75, 3.05) is 0 Å². The summed E-state index contributed by atoms with van der Waals surface area (Å²) in [5.41, 5.74) is 1.29. The number of nitrogens with one attached hydrogen (secondary N) is 1. The molecule has 0 radical (unpaired) electrons. The normalized spacial score (nSPS) is 16.7. The maximum atomic E-state index is 13.2. The molecule has 6 heteroatoms. The van der Waals surface area contributed by atoms with Crippen molar-refractivity contribution in [2.24, 2.45) is 7.05 Å². The van der Waals surface area contributed by atoms with Gasteiger partial charge in [0.2, 0.25) is 5.91 Å². The first-order chi connectivity index (χ1) is 13.1. The molecule has 2 heterocycles. The molecule has 1 aromatic carbocycles. The first kappa shape index (κ1) is 17.8. The second-order valence-corrected chi connectivity index (χ2v) is 7.49. The van der Waals surface area contributed by atoms with Crippen LogP contribution >= 0.6 is 0 Å². The van der Waals surface area contributed by atoms with Crippen LogP contribution in [0.1, 0.15) is 51.5 Å². The van der Waals surface area contributed by atoms with Crippen molar-refractivity contribution in [1.82, 2.24) is 19.7 Å². The molecule has 0 saturated heterocycles. The minimum atomic E-state index is -0.413. The summed E-state index contributed by atoms with van der Waals surface area (Å²) in [4.78, 5) is 26.1. The molecule has 0 unspecified atom stereocenters. The molecule has 1 aliphatic carbocycles. The van der Waals surface area contributed by atoms with Crippen LogP contribution < -0.4 is 10.9 Å². The Hall–Kier alpha value is -2.63. The largest absolute Gasteiger partial charge is 0.352 e. The number of hydrogen-bond acceptors (Lipinski definition) is 3. The SMILES string of the molecule is CC[C@H](C(=O)NC1CCCCC1)n1c2ccccc2c2cnn(C)c(=O)c21. The van der Waals surface area contributed by atoms with Crippen LogP contribution in [0.15, 0.2) is 35.3 Å². The van der Waals surface area contributed by atoms with Crippen LogP contribution in [-0.4, -0.2) is 26.3 Å². The van der Waals surface area contributed by atoms with Crippen molar-refractivity contribution in [2.45, 2.75) is 57.5 Å². The van der Waals surface area contributed by atoms with Crippen molar-refractivity contribution >= 4 is 27.7 Å². The number of carbonyl (C=O) groups excluding carboxylic acids is 1. The smallest absolute Gasteiger partial charge is 0.291 e. The molecule has 1 aliphatic rings. The minimum Gasteiger partial charge on any atom is -0.352 e. The van der Waals surface area contributed by atoms with Gasteiger partial charge in [-0.15, -0.1) is 0 Å². The molecule has 0 aliphatic heterocycles. The highest BCUT2D eigenvalue weighted by Crippen LogP contribution is 2.31. The third-order valence-corrected chi connectivity index (χ3v) is 5.76. The lowest BCUT2D eigenvalue weighted by atomic mass is 9.95. The van der Waals surface area contributed by atoms with Gasteiger partial charge in [0.25, 0.3) is 5.56 Å². The Morgan fingerprint density at radius 1 is 1.22 bits per heavy atom. The summed E-state index contributed by atoms with van der Waals surface area (Å²) in [5.74, 6) is 0.00548. The van der Waals surface area contributed by atoms with Gasteiger partial charge >= 0.3 is 0 Å². The average Bonchev–Trinajstić information content (AvgIpc) is 3.01. The summed E-state index contributed by atoms with van der Waals surface area (Å²) in [5, 5.41) is 9.18. The third kappa shape index (κ3) is 3.03. The molecule has 4 rings (SSSR count). The van der Waals surface area contributed by atoms with E-state index in [2.05, 4.69) is 10.4 Å². The van der Waals surface area contributed by atoms with E-state index in [1.54, 1.807) is 13.2 Å². The second-order valence-electron chi connectivity index (χ2n) is 7.49. The van der Waals surface area contributed by atoms with Crippen LogP contribution in [0.4, 0.5) is 0 Å². The van der Waals surface area contributed by atoms with Crippen molar-refractivity contribution in [3.63, 3.8) is 0 Å². The summed E-state index contributed by atoms with van der Waals surface area (Å²) in [7, 11) is 1.65. The number of aryl methyl sites for hydroxylation is 1. The molecular formula is C21H26N4O2. The van der Waals surface area contributed by atoms with Gasteiger partial charge < -0.3 is 9.88 Å². The van der Waals surface area contributed by atoms with Gasteiger partial charge in [0, 0.05) is 23.9 Å². The zero-order chi connectivity index (χ0) is 19.0. The first-order valence-corrected chi connectivity index (χ1v) is 9.87. The number of fused-ring (bicyclic) bond motifs is 3. The Morgan fingerprint density at radius 2 is 1.96 bits per heavy atom. The van der Waals surface area contributed by atoms with Crippen LogP contribution in [0.3, 0.4) is 0 Å². The van der Waals surface area contributed by atoms with Gasteiger partial charge in [-0.1, -0.05) is 44.4 Å². The Kier molecular flexibility index (Phi) is 4.72. The van der Waals surface area contributed by atoms with Gasteiger partial charge in [-0.05, 0) is 25.3 Å². The average molecular weight is 366 g/mol. The van der Waals surface area contributed by atoms with E-state index in [0.29, 0.717) is 11.9 Å². The molecule has 1 N–H and O–H groups in total. The lowest BCUT2D eigenvalue weighted by Crippen LogP contribution is -2.41.